The Kier molecular flexibility index (Phi) is 9.13. The van der Waals surface area contributed by atoms with Crippen molar-refractivity contribution < 1.29 is 13.3 Å². The zero-order valence-corrected chi connectivity index (χ0v) is 20.8. The Morgan fingerprint density at radius 3 is 2.54 bits per heavy atom. The predicted molar refractivity (Wildman–Crippen MR) is 134 cm³/mol. The molecular formula is C24H24ClF2N5O2S. The molecule has 0 fully saturated rings. The second-order valence-electron chi connectivity index (χ2n) is 7.96. The molecule has 0 saturated heterocycles. The number of thioether (sulfide) groups is 1. The van der Waals surface area contributed by atoms with Crippen molar-refractivity contribution in [3.8, 4) is 22.6 Å². The molecule has 0 aliphatic heterocycles. The van der Waals surface area contributed by atoms with E-state index in [9.17, 15) is 13.6 Å². The van der Waals surface area contributed by atoms with Gasteiger partial charge < -0.3 is 9.42 Å². The maximum atomic E-state index is 13.6. The number of hydrogen-bond acceptors (Lipinski definition) is 7. The first kappa shape index (κ1) is 26.5. The summed E-state index contributed by atoms with van der Waals surface area (Å²) < 4.78 is 33.8. The fourth-order valence-corrected chi connectivity index (χ4v) is 4.01. The number of halogens is 3. The lowest BCUT2D eigenvalue weighted by atomic mass is 10.1. The maximum absolute atomic E-state index is 13.6. The van der Waals surface area contributed by atoms with E-state index in [2.05, 4.69) is 20.1 Å². The van der Waals surface area contributed by atoms with Crippen molar-refractivity contribution in [2.24, 2.45) is 0 Å². The van der Waals surface area contributed by atoms with Crippen molar-refractivity contribution in [3.63, 3.8) is 0 Å². The molecule has 0 aliphatic rings. The van der Waals surface area contributed by atoms with Crippen LogP contribution < -0.4 is 5.56 Å². The summed E-state index contributed by atoms with van der Waals surface area (Å²) >= 11 is 1.51. The second kappa shape index (κ2) is 12.1. The summed E-state index contributed by atoms with van der Waals surface area (Å²) in [5, 5.41) is 8.87. The van der Waals surface area contributed by atoms with Gasteiger partial charge in [0.25, 0.3) is 10.8 Å². The molecule has 4 aromatic rings. The number of benzene rings is 2. The molecule has 2 aromatic carbocycles. The highest BCUT2D eigenvalue weighted by Crippen LogP contribution is 2.23. The molecule has 0 bridgehead atoms. The van der Waals surface area contributed by atoms with Crippen molar-refractivity contribution in [2.75, 3.05) is 26.4 Å². The third-order valence-electron chi connectivity index (χ3n) is 4.93. The van der Waals surface area contributed by atoms with Gasteiger partial charge in [-0.1, -0.05) is 35.1 Å². The monoisotopic (exact) mass is 519 g/mol. The van der Waals surface area contributed by atoms with Crippen LogP contribution in [0.2, 0.25) is 0 Å². The topological polar surface area (TPSA) is 77.1 Å². The van der Waals surface area contributed by atoms with Gasteiger partial charge in [0.15, 0.2) is 0 Å². The van der Waals surface area contributed by atoms with Crippen LogP contribution in [0.5, 0.6) is 0 Å². The van der Waals surface area contributed by atoms with Gasteiger partial charge in [-0.3, -0.25) is 4.79 Å². The van der Waals surface area contributed by atoms with Gasteiger partial charge in [-0.15, -0.1) is 12.4 Å². The lowest BCUT2D eigenvalue weighted by Crippen LogP contribution is -2.22. The average Bonchev–Trinajstić information content (AvgIpc) is 3.27. The van der Waals surface area contributed by atoms with Crippen LogP contribution in [0.1, 0.15) is 12.0 Å². The third kappa shape index (κ3) is 7.20. The van der Waals surface area contributed by atoms with Crippen LogP contribution in [0, 0.1) is 11.6 Å². The molecule has 35 heavy (non-hydrogen) atoms. The molecule has 0 unspecified atom stereocenters. The summed E-state index contributed by atoms with van der Waals surface area (Å²) in [6, 6.07) is 13.3. The van der Waals surface area contributed by atoms with E-state index < -0.39 is 11.6 Å². The van der Waals surface area contributed by atoms with E-state index in [0.29, 0.717) is 16.7 Å². The maximum Gasteiger partial charge on any atom is 0.286 e. The first-order chi connectivity index (χ1) is 16.4. The van der Waals surface area contributed by atoms with Crippen molar-refractivity contribution in [1.82, 2.24) is 24.8 Å². The highest BCUT2D eigenvalue weighted by molar-refractivity contribution is 7.99. The number of rotatable bonds is 9. The van der Waals surface area contributed by atoms with Crippen molar-refractivity contribution in [1.29, 1.82) is 0 Å². The fraction of sp³-hybridized carbons (Fsp3) is 0.250. The first-order valence-electron chi connectivity index (χ1n) is 10.6. The summed E-state index contributed by atoms with van der Waals surface area (Å²) in [5.74, 6) is -0.0866. The summed E-state index contributed by atoms with van der Waals surface area (Å²) in [7, 11) is 4.06. The van der Waals surface area contributed by atoms with Crippen LogP contribution in [-0.4, -0.2) is 51.2 Å². The molecule has 0 N–H and O–H groups in total. The molecule has 0 atom stereocenters. The first-order valence-corrected chi connectivity index (χ1v) is 11.6. The standard InChI is InChI=1S/C24H23F2N5O2S.ClH/c1-30(2)9-4-10-34-24-27-23(29-33-24)17-6-3-5-16(11-17)15-31-22(32)8-7-21(28-31)18-12-19(25)14-20(26)13-18;/h3,5-8,11-14H,4,9-10,15H2,1-2H3;1H. The van der Waals surface area contributed by atoms with Crippen LogP contribution in [0.4, 0.5) is 8.78 Å². The molecule has 184 valence electrons. The quantitative estimate of drug-likeness (QED) is 0.233. The largest absolute Gasteiger partial charge is 0.327 e. The van der Waals surface area contributed by atoms with Gasteiger partial charge in [-0.2, -0.15) is 10.1 Å². The van der Waals surface area contributed by atoms with E-state index in [1.165, 1.54) is 40.7 Å². The van der Waals surface area contributed by atoms with Crippen molar-refractivity contribution in [2.45, 2.75) is 18.2 Å². The summed E-state index contributed by atoms with van der Waals surface area (Å²) in [6.45, 7) is 1.15. The number of nitrogens with zero attached hydrogens (tertiary/aromatic N) is 5. The second-order valence-corrected chi connectivity index (χ2v) is 9.01. The Morgan fingerprint density at radius 2 is 1.80 bits per heavy atom. The summed E-state index contributed by atoms with van der Waals surface area (Å²) in [5.41, 5.74) is 1.75. The highest BCUT2D eigenvalue weighted by Gasteiger charge is 2.11. The van der Waals surface area contributed by atoms with E-state index in [-0.39, 0.29) is 30.1 Å². The van der Waals surface area contributed by atoms with Crippen LogP contribution in [-0.2, 0) is 6.54 Å². The van der Waals surface area contributed by atoms with Crippen molar-refractivity contribution >= 4 is 24.2 Å². The molecular weight excluding hydrogens is 496 g/mol. The summed E-state index contributed by atoms with van der Waals surface area (Å²) in [6.07, 6.45) is 1.01. The highest BCUT2D eigenvalue weighted by atomic mass is 35.5. The van der Waals surface area contributed by atoms with Crippen LogP contribution in [0.25, 0.3) is 22.6 Å². The van der Waals surface area contributed by atoms with Crippen LogP contribution in [0.3, 0.4) is 0 Å². The third-order valence-corrected chi connectivity index (χ3v) is 5.83. The Labute approximate surface area is 211 Å². The molecule has 0 radical (unpaired) electrons. The van der Waals surface area contributed by atoms with Gasteiger partial charge in [0.05, 0.1) is 12.2 Å². The molecule has 0 amide bonds. The van der Waals surface area contributed by atoms with E-state index >= 15 is 0 Å². The average molecular weight is 520 g/mol. The minimum absolute atomic E-state index is 0. The van der Waals surface area contributed by atoms with Gasteiger partial charge in [0.1, 0.15) is 11.6 Å². The molecule has 0 saturated carbocycles. The molecule has 4 rings (SSSR count). The number of aromatic nitrogens is 4. The molecule has 0 aliphatic carbocycles. The minimum atomic E-state index is -0.711. The lowest BCUT2D eigenvalue weighted by molar-refractivity contribution is 0.341. The zero-order valence-electron chi connectivity index (χ0n) is 19.1. The fourth-order valence-electron chi connectivity index (χ4n) is 3.33. The molecule has 7 nitrogen and oxygen atoms in total. The smallest absolute Gasteiger partial charge is 0.286 e. The summed E-state index contributed by atoms with van der Waals surface area (Å²) in [4.78, 5) is 18.9. The van der Waals surface area contributed by atoms with E-state index in [1.54, 1.807) is 0 Å². The predicted octanol–water partition coefficient (Wildman–Crippen LogP) is 4.75. The normalized spacial score (nSPS) is 11.0. The van der Waals surface area contributed by atoms with Gasteiger partial charge in [0, 0.05) is 29.0 Å². The van der Waals surface area contributed by atoms with Gasteiger partial charge >= 0.3 is 0 Å². The molecule has 0 spiro atoms. The molecule has 11 heteroatoms. The Bertz CT molecular complexity index is 1330. The van der Waals surface area contributed by atoms with Gasteiger partial charge in [-0.05, 0) is 56.9 Å². The van der Waals surface area contributed by atoms with Crippen LogP contribution in [0.15, 0.2) is 69.1 Å². The Morgan fingerprint density at radius 1 is 1.03 bits per heavy atom. The molecule has 2 aromatic heterocycles. The van der Waals surface area contributed by atoms with E-state index in [1.807, 2.05) is 38.4 Å². The van der Waals surface area contributed by atoms with Crippen LogP contribution >= 0.6 is 24.2 Å². The van der Waals surface area contributed by atoms with E-state index in [4.69, 9.17) is 4.52 Å². The zero-order chi connectivity index (χ0) is 24.1. The number of hydrogen-bond donors (Lipinski definition) is 0. The lowest BCUT2D eigenvalue weighted by Gasteiger charge is -2.08. The van der Waals surface area contributed by atoms with Gasteiger partial charge in [-0.25, -0.2) is 13.5 Å². The van der Waals surface area contributed by atoms with E-state index in [0.717, 1.165) is 35.9 Å². The molecule has 2 heterocycles. The minimum Gasteiger partial charge on any atom is -0.327 e. The Hall–Kier alpha value is -3.08. The SMILES string of the molecule is CN(C)CCCSc1nc(-c2cccc(Cn3nc(-c4cc(F)cc(F)c4)ccc3=O)c2)no1.Cl. The van der Waals surface area contributed by atoms with Crippen molar-refractivity contribution in [3.05, 3.63) is 82.1 Å². The Balaban J connectivity index is 0.00000342. The van der Waals surface area contributed by atoms with Gasteiger partial charge in [0.2, 0.25) is 5.82 Å².